The molecule has 2 aliphatic carbocycles. The Morgan fingerprint density at radius 1 is 1.29 bits per heavy atom. The highest BCUT2D eigenvalue weighted by Crippen LogP contribution is 2.56. The van der Waals surface area contributed by atoms with Crippen molar-refractivity contribution < 1.29 is 9.90 Å². The zero-order chi connectivity index (χ0) is 15.8. The van der Waals surface area contributed by atoms with Crippen LogP contribution < -0.4 is 0 Å². The van der Waals surface area contributed by atoms with Gasteiger partial charge in [0.2, 0.25) is 0 Å². The number of Topliss-reactive ketones (excluding diaryl/α,β-unsaturated/α-hetero) is 1. The van der Waals surface area contributed by atoms with E-state index >= 15 is 0 Å². The number of ketones is 1. The van der Waals surface area contributed by atoms with E-state index in [0.717, 1.165) is 19.3 Å². The monoisotopic (exact) mass is 292 g/mol. The zero-order valence-corrected chi connectivity index (χ0v) is 14.4. The topological polar surface area (TPSA) is 37.3 Å². The number of carbonyl (C=O) groups excluding carboxylic acids is 1. The van der Waals surface area contributed by atoms with Crippen LogP contribution in [-0.2, 0) is 4.79 Å². The summed E-state index contributed by atoms with van der Waals surface area (Å²) >= 11 is 0. The summed E-state index contributed by atoms with van der Waals surface area (Å²) in [6.45, 7) is 10.4. The van der Waals surface area contributed by atoms with Crippen LogP contribution in [0.25, 0.3) is 0 Å². The fraction of sp³-hybridized carbons (Fsp3) is 0.842. The van der Waals surface area contributed by atoms with Crippen LogP contribution in [0, 0.1) is 29.1 Å². The lowest BCUT2D eigenvalue weighted by Gasteiger charge is -2.41. The van der Waals surface area contributed by atoms with Gasteiger partial charge >= 0.3 is 0 Å². The third kappa shape index (κ3) is 3.26. The minimum atomic E-state index is -0.668. The number of aliphatic hydroxyl groups is 1. The van der Waals surface area contributed by atoms with Crippen molar-refractivity contribution in [1.29, 1.82) is 0 Å². The number of hydrogen-bond donors (Lipinski definition) is 1. The van der Waals surface area contributed by atoms with Gasteiger partial charge in [0.05, 0.1) is 5.60 Å². The molecule has 0 bridgehead atoms. The summed E-state index contributed by atoms with van der Waals surface area (Å²) in [7, 11) is 0. The molecule has 0 aromatic carbocycles. The van der Waals surface area contributed by atoms with Gasteiger partial charge < -0.3 is 5.11 Å². The lowest BCUT2D eigenvalue weighted by molar-refractivity contribution is -0.129. The van der Waals surface area contributed by atoms with Crippen LogP contribution in [0.1, 0.15) is 66.7 Å². The van der Waals surface area contributed by atoms with Crippen molar-refractivity contribution in [2.45, 2.75) is 72.3 Å². The normalized spacial score (nSPS) is 36.8. The average molecular weight is 292 g/mol. The van der Waals surface area contributed by atoms with E-state index in [0.29, 0.717) is 23.5 Å². The predicted molar refractivity (Wildman–Crippen MR) is 86.9 cm³/mol. The van der Waals surface area contributed by atoms with Crippen molar-refractivity contribution in [3.8, 4) is 0 Å². The molecule has 0 heterocycles. The van der Waals surface area contributed by atoms with Gasteiger partial charge in [-0.1, -0.05) is 32.9 Å². The van der Waals surface area contributed by atoms with Gasteiger partial charge in [-0.3, -0.25) is 4.79 Å². The third-order valence-electron chi connectivity index (χ3n) is 6.39. The molecule has 21 heavy (non-hydrogen) atoms. The van der Waals surface area contributed by atoms with Crippen molar-refractivity contribution in [3.05, 3.63) is 12.2 Å². The lowest BCUT2D eigenvalue weighted by atomic mass is 9.62. The van der Waals surface area contributed by atoms with Crippen molar-refractivity contribution in [1.82, 2.24) is 0 Å². The molecule has 5 atom stereocenters. The molecular weight excluding hydrogens is 260 g/mol. The van der Waals surface area contributed by atoms with E-state index in [1.807, 2.05) is 13.8 Å². The number of fused-ring (bicyclic) bond motifs is 1. The number of hydrogen-bond acceptors (Lipinski definition) is 2. The Labute approximate surface area is 130 Å². The van der Waals surface area contributed by atoms with Crippen molar-refractivity contribution in [2.24, 2.45) is 29.1 Å². The van der Waals surface area contributed by atoms with Crippen LogP contribution in [0.15, 0.2) is 12.2 Å². The van der Waals surface area contributed by atoms with Gasteiger partial charge in [-0.25, -0.2) is 0 Å². The van der Waals surface area contributed by atoms with Gasteiger partial charge in [0.25, 0.3) is 0 Å². The maximum atomic E-state index is 12.2. The van der Waals surface area contributed by atoms with E-state index in [1.54, 1.807) is 0 Å². The Kier molecular flexibility index (Phi) is 4.68. The molecule has 0 radical (unpaired) electrons. The molecule has 0 unspecified atom stereocenters. The molecule has 120 valence electrons. The summed E-state index contributed by atoms with van der Waals surface area (Å²) in [6.07, 6.45) is 9.76. The molecule has 2 aliphatic rings. The van der Waals surface area contributed by atoms with Crippen LogP contribution in [0.2, 0.25) is 0 Å². The van der Waals surface area contributed by atoms with Gasteiger partial charge in [0, 0.05) is 18.3 Å². The smallest absolute Gasteiger partial charge is 0.136 e. The molecule has 2 heteroatoms. The lowest BCUT2D eigenvalue weighted by Crippen LogP contribution is -2.39. The summed E-state index contributed by atoms with van der Waals surface area (Å²) in [5, 5.41) is 10.0. The summed E-state index contributed by atoms with van der Waals surface area (Å²) in [4.78, 5) is 12.2. The molecule has 0 spiro atoms. The van der Waals surface area contributed by atoms with Crippen LogP contribution in [0.3, 0.4) is 0 Å². The Bertz CT molecular complexity index is 418. The second kappa shape index (κ2) is 5.87. The molecule has 0 saturated heterocycles. The molecule has 0 aliphatic heterocycles. The van der Waals surface area contributed by atoms with E-state index in [9.17, 15) is 9.90 Å². The molecular formula is C19H32O2. The SMILES string of the molecule is C[C@H](C=C[C@@H](C)C(C)(C)O)[C@H]1CC[C@H]2C(=O)CCC[C@]12C. The fourth-order valence-electron chi connectivity index (χ4n) is 4.55. The van der Waals surface area contributed by atoms with Gasteiger partial charge in [-0.05, 0) is 56.8 Å². The number of carbonyl (C=O) groups is 1. The maximum Gasteiger partial charge on any atom is 0.136 e. The Balaban J connectivity index is 2.08. The first-order valence-corrected chi connectivity index (χ1v) is 8.59. The summed E-state index contributed by atoms with van der Waals surface area (Å²) in [5.74, 6) is 2.05. The van der Waals surface area contributed by atoms with Crippen LogP contribution in [0.5, 0.6) is 0 Å². The van der Waals surface area contributed by atoms with Gasteiger partial charge in [0.15, 0.2) is 0 Å². The minimum absolute atomic E-state index is 0.151. The number of allylic oxidation sites excluding steroid dienone is 1. The Morgan fingerprint density at radius 3 is 2.57 bits per heavy atom. The van der Waals surface area contributed by atoms with Gasteiger partial charge in [-0.2, -0.15) is 0 Å². The van der Waals surface area contributed by atoms with Crippen molar-refractivity contribution >= 4 is 5.78 Å². The zero-order valence-electron chi connectivity index (χ0n) is 14.4. The Morgan fingerprint density at radius 2 is 1.95 bits per heavy atom. The molecule has 0 amide bonds. The van der Waals surface area contributed by atoms with Crippen molar-refractivity contribution in [2.75, 3.05) is 0 Å². The molecule has 2 fully saturated rings. The van der Waals surface area contributed by atoms with E-state index in [-0.39, 0.29) is 11.3 Å². The second-order valence-corrected chi connectivity index (χ2v) is 8.25. The largest absolute Gasteiger partial charge is 0.390 e. The molecule has 2 rings (SSSR count). The summed E-state index contributed by atoms with van der Waals surface area (Å²) in [5.41, 5.74) is -0.462. The molecule has 1 N–H and O–H groups in total. The van der Waals surface area contributed by atoms with E-state index in [2.05, 4.69) is 32.9 Å². The highest BCUT2D eigenvalue weighted by Gasteiger charge is 2.51. The fourth-order valence-corrected chi connectivity index (χ4v) is 4.55. The molecule has 0 aromatic heterocycles. The highest BCUT2D eigenvalue weighted by atomic mass is 16.3. The maximum absolute atomic E-state index is 12.2. The number of rotatable bonds is 4. The third-order valence-corrected chi connectivity index (χ3v) is 6.39. The Hall–Kier alpha value is -0.630. The van der Waals surface area contributed by atoms with Gasteiger partial charge in [-0.15, -0.1) is 0 Å². The van der Waals surface area contributed by atoms with E-state index in [1.165, 1.54) is 12.8 Å². The van der Waals surface area contributed by atoms with Crippen LogP contribution in [0.4, 0.5) is 0 Å². The first-order valence-electron chi connectivity index (χ1n) is 8.59. The summed E-state index contributed by atoms with van der Waals surface area (Å²) < 4.78 is 0. The first kappa shape index (κ1) is 16.7. The first-order chi connectivity index (χ1) is 9.66. The van der Waals surface area contributed by atoms with E-state index < -0.39 is 5.60 Å². The molecule has 2 nitrogen and oxygen atoms in total. The molecule has 0 aromatic rings. The standard InChI is InChI=1S/C19H32O2/c1-13(8-9-14(2)18(3,4)21)15-10-11-16-17(20)7-6-12-19(15,16)5/h8-9,13-16,21H,6-7,10-12H2,1-5H3/t13-,14-,15-,16+,19-/m1/s1. The predicted octanol–water partition coefficient (Wildman–Crippen LogP) is 4.37. The minimum Gasteiger partial charge on any atom is -0.390 e. The summed E-state index contributed by atoms with van der Waals surface area (Å²) in [6, 6.07) is 0. The highest BCUT2D eigenvalue weighted by molar-refractivity contribution is 5.83. The second-order valence-electron chi connectivity index (χ2n) is 8.25. The average Bonchev–Trinajstić information content (AvgIpc) is 2.73. The van der Waals surface area contributed by atoms with E-state index in [4.69, 9.17) is 0 Å². The van der Waals surface area contributed by atoms with Crippen molar-refractivity contribution in [3.63, 3.8) is 0 Å². The van der Waals surface area contributed by atoms with Gasteiger partial charge in [0.1, 0.15) is 5.78 Å². The van der Waals surface area contributed by atoms with Crippen LogP contribution >= 0.6 is 0 Å². The van der Waals surface area contributed by atoms with Crippen LogP contribution in [-0.4, -0.2) is 16.5 Å². The molecule has 2 saturated carbocycles. The quantitative estimate of drug-likeness (QED) is 0.781.